The van der Waals surface area contributed by atoms with Gasteiger partial charge in [0.25, 0.3) is 0 Å². The molecular formula is C17H24BrN3O. The molecule has 0 radical (unpaired) electrons. The lowest BCUT2D eigenvalue weighted by Crippen LogP contribution is -2.51. The summed E-state index contributed by atoms with van der Waals surface area (Å²) < 4.78 is 1.01. The molecule has 1 aliphatic carbocycles. The Morgan fingerprint density at radius 1 is 1.18 bits per heavy atom. The Labute approximate surface area is 141 Å². The van der Waals surface area contributed by atoms with E-state index < -0.39 is 0 Å². The third-order valence-electron chi connectivity index (χ3n) is 4.86. The first kappa shape index (κ1) is 15.8. The van der Waals surface area contributed by atoms with E-state index in [9.17, 15) is 4.79 Å². The number of aryl methyl sites for hydroxylation is 1. The van der Waals surface area contributed by atoms with Crippen LogP contribution in [-0.2, 0) is 4.79 Å². The number of aromatic nitrogens is 1. The standard InChI is InChI=1S/C17H24BrN3O/c1-13-11-15(18)12-19-16(13)20-7-9-21(10-8-20)17(22)14-5-3-2-4-6-14/h11-12,14H,2-10H2,1H3. The van der Waals surface area contributed by atoms with Crippen molar-refractivity contribution in [2.75, 3.05) is 31.1 Å². The summed E-state index contributed by atoms with van der Waals surface area (Å²) in [6.07, 6.45) is 7.77. The van der Waals surface area contributed by atoms with E-state index in [4.69, 9.17) is 0 Å². The second-order valence-electron chi connectivity index (χ2n) is 6.44. The molecule has 0 bridgehead atoms. The highest BCUT2D eigenvalue weighted by molar-refractivity contribution is 9.10. The highest BCUT2D eigenvalue weighted by atomic mass is 79.9. The fourth-order valence-corrected chi connectivity index (χ4v) is 4.06. The van der Waals surface area contributed by atoms with Gasteiger partial charge in [-0.2, -0.15) is 0 Å². The minimum Gasteiger partial charge on any atom is -0.353 e. The van der Waals surface area contributed by atoms with Crippen LogP contribution in [0.2, 0.25) is 0 Å². The number of anilines is 1. The molecule has 2 fully saturated rings. The number of hydrogen-bond donors (Lipinski definition) is 0. The molecule has 0 N–H and O–H groups in total. The van der Waals surface area contributed by atoms with Gasteiger partial charge in [-0.25, -0.2) is 4.98 Å². The van der Waals surface area contributed by atoms with Gasteiger partial charge in [0, 0.05) is 42.8 Å². The van der Waals surface area contributed by atoms with Crippen molar-refractivity contribution in [1.29, 1.82) is 0 Å². The number of piperazine rings is 1. The predicted molar refractivity (Wildman–Crippen MR) is 92.0 cm³/mol. The van der Waals surface area contributed by atoms with E-state index in [0.717, 1.165) is 49.3 Å². The van der Waals surface area contributed by atoms with Crippen LogP contribution in [0.1, 0.15) is 37.7 Å². The quantitative estimate of drug-likeness (QED) is 0.805. The van der Waals surface area contributed by atoms with E-state index in [0.29, 0.717) is 5.91 Å². The van der Waals surface area contributed by atoms with Crippen LogP contribution in [0, 0.1) is 12.8 Å². The largest absolute Gasteiger partial charge is 0.353 e. The lowest BCUT2D eigenvalue weighted by atomic mass is 9.88. The first-order chi connectivity index (χ1) is 10.6. The molecular weight excluding hydrogens is 342 g/mol. The van der Waals surface area contributed by atoms with Crippen molar-refractivity contribution in [2.24, 2.45) is 5.92 Å². The number of nitrogens with zero attached hydrogens (tertiary/aromatic N) is 3. The van der Waals surface area contributed by atoms with Crippen molar-refractivity contribution in [3.8, 4) is 0 Å². The summed E-state index contributed by atoms with van der Waals surface area (Å²) in [6, 6.07) is 2.10. The van der Waals surface area contributed by atoms with Crippen LogP contribution >= 0.6 is 15.9 Å². The van der Waals surface area contributed by atoms with Crippen LogP contribution < -0.4 is 4.90 Å². The normalized spacial score (nSPS) is 20.3. The third-order valence-corrected chi connectivity index (χ3v) is 5.30. The monoisotopic (exact) mass is 365 g/mol. The summed E-state index contributed by atoms with van der Waals surface area (Å²) in [4.78, 5) is 21.5. The number of amides is 1. The molecule has 2 aliphatic rings. The molecule has 5 heteroatoms. The molecule has 22 heavy (non-hydrogen) atoms. The second kappa shape index (κ2) is 6.99. The van der Waals surface area contributed by atoms with E-state index in [1.54, 1.807) is 0 Å². The molecule has 1 aromatic rings. The Hall–Kier alpha value is -1.10. The fourth-order valence-electron chi connectivity index (χ4n) is 3.61. The van der Waals surface area contributed by atoms with Gasteiger partial charge in [-0.1, -0.05) is 19.3 Å². The first-order valence-corrected chi connectivity index (χ1v) is 9.10. The van der Waals surface area contributed by atoms with Crippen LogP contribution in [0.5, 0.6) is 0 Å². The van der Waals surface area contributed by atoms with Gasteiger partial charge in [0.1, 0.15) is 5.82 Å². The summed E-state index contributed by atoms with van der Waals surface area (Å²) in [5.41, 5.74) is 1.18. The first-order valence-electron chi connectivity index (χ1n) is 8.31. The summed E-state index contributed by atoms with van der Waals surface area (Å²) in [5.74, 6) is 1.72. The molecule has 1 aliphatic heterocycles. The Kier molecular flexibility index (Phi) is 5.01. The molecule has 1 saturated heterocycles. The van der Waals surface area contributed by atoms with Crippen molar-refractivity contribution >= 4 is 27.7 Å². The topological polar surface area (TPSA) is 36.4 Å². The fraction of sp³-hybridized carbons (Fsp3) is 0.647. The summed E-state index contributed by atoms with van der Waals surface area (Å²) in [6.45, 7) is 5.51. The van der Waals surface area contributed by atoms with Gasteiger partial charge in [0.15, 0.2) is 0 Å². The molecule has 2 heterocycles. The Morgan fingerprint density at radius 2 is 1.86 bits per heavy atom. The molecule has 0 unspecified atom stereocenters. The van der Waals surface area contributed by atoms with Gasteiger partial charge < -0.3 is 9.80 Å². The van der Waals surface area contributed by atoms with Crippen molar-refractivity contribution in [3.63, 3.8) is 0 Å². The minimum absolute atomic E-state index is 0.285. The summed E-state index contributed by atoms with van der Waals surface area (Å²) >= 11 is 3.46. The van der Waals surface area contributed by atoms with Gasteiger partial charge in [-0.15, -0.1) is 0 Å². The molecule has 0 aromatic carbocycles. The highest BCUT2D eigenvalue weighted by Crippen LogP contribution is 2.27. The molecule has 1 saturated carbocycles. The third kappa shape index (κ3) is 3.45. The van der Waals surface area contributed by atoms with Crippen molar-refractivity contribution < 1.29 is 4.79 Å². The van der Waals surface area contributed by atoms with Gasteiger partial charge >= 0.3 is 0 Å². The summed E-state index contributed by atoms with van der Waals surface area (Å²) in [5, 5.41) is 0. The molecule has 0 atom stereocenters. The van der Waals surface area contributed by atoms with Gasteiger partial charge in [0.2, 0.25) is 5.91 Å². The van der Waals surface area contributed by atoms with E-state index in [1.807, 2.05) is 6.20 Å². The van der Waals surface area contributed by atoms with Crippen LogP contribution in [0.25, 0.3) is 0 Å². The number of carbonyl (C=O) groups is 1. The number of rotatable bonds is 2. The minimum atomic E-state index is 0.285. The lowest BCUT2D eigenvalue weighted by molar-refractivity contribution is -0.136. The zero-order chi connectivity index (χ0) is 15.5. The van der Waals surface area contributed by atoms with Crippen LogP contribution in [0.3, 0.4) is 0 Å². The Balaban J connectivity index is 1.59. The molecule has 120 valence electrons. The van der Waals surface area contributed by atoms with E-state index in [1.165, 1.54) is 24.8 Å². The average Bonchev–Trinajstić information content (AvgIpc) is 2.55. The molecule has 4 nitrogen and oxygen atoms in total. The molecule has 0 spiro atoms. The molecule has 1 amide bonds. The van der Waals surface area contributed by atoms with Crippen LogP contribution in [0.4, 0.5) is 5.82 Å². The number of carbonyl (C=O) groups excluding carboxylic acids is 1. The Morgan fingerprint density at radius 3 is 2.50 bits per heavy atom. The van der Waals surface area contributed by atoms with Crippen molar-refractivity contribution in [3.05, 3.63) is 22.3 Å². The SMILES string of the molecule is Cc1cc(Br)cnc1N1CCN(C(=O)C2CCCCC2)CC1. The molecule has 3 rings (SSSR count). The average molecular weight is 366 g/mol. The predicted octanol–water partition coefficient (Wildman–Crippen LogP) is 3.38. The number of halogens is 1. The maximum atomic E-state index is 12.6. The van der Waals surface area contributed by atoms with Gasteiger partial charge in [-0.3, -0.25) is 4.79 Å². The van der Waals surface area contributed by atoms with E-state index in [-0.39, 0.29) is 5.92 Å². The van der Waals surface area contributed by atoms with E-state index >= 15 is 0 Å². The lowest BCUT2D eigenvalue weighted by Gasteiger charge is -2.38. The van der Waals surface area contributed by atoms with Gasteiger partial charge in [-0.05, 0) is 47.3 Å². The maximum Gasteiger partial charge on any atom is 0.225 e. The zero-order valence-corrected chi connectivity index (χ0v) is 14.8. The summed E-state index contributed by atoms with van der Waals surface area (Å²) in [7, 11) is 0. The number of hydrogen-bond acceptors (Lipinski definition) is 3. The zero-order valence-electron chi connectivity index (χ0n) is 13.2. The maximum absolute atomic E-state index is 12.6. The Bertz CT molecular complexity index is 535. The molecule has 1 aromatic heterocycles. The smallest absolute Gasteiger partial charge is 0.225 e. The van der Waals surface area contributed by atoms with Crippen LogP contribution in [-0.4, -0.2) is 42.0 Å². The van der Waals surface area contributed by atoms with E-state index in [2.05, 4.69) is 43.7 Å². The number of pyridine rings is 1. The second-order valence-corrected chi connectivity index (χ2v) is 7.36. The van der Waals surface area contributed by atoms with Crippen molar-refractivity contribution in [2.45, 2.75) is 39.0 Å². The van der Waals surface area contributed by atoms with Crippen LogP contribution in [0.15, 0.2) is 16.7 Å². The van der Waals surface area contributed by atoms with Gasteiger partial charge in [0.05, 0.1) is 0 Å². The van der Waals surface area contributed by atoms with Crippen molar-refractivity contribution in [1.82, 2.24) is 9.88 Å². The highest BCUT2D eigenvalue weighted by Gasteiger charge is 2.28.